The van der Waals surface area contributed by atoms with E-state index in [1.807, 2.05) is 11.8 Å². The topological polar surface area (TPSA) is 15.8 Å². The highest BCUT2D eigenvalue weighted by molar-refractivity contribution is 9.09. The molecule has 3 heteroatoms. The molecule has 17 heavy (non-hydrogen) atoms. The van der Waals surface area contributed by atoms with Gasteiger partial charge in [0.1, 0.15) is 0 Å². The number of aromatic nitrogens is 1. The number of aromatic amines is 1. The Morgan fingerprint density at radius 3 is 2.88 bits per heavy atom. The smallest absolute Gasteiger partial charge is 0.0732 e. The van der Waals surface area contributed by atoms with Gasteiger partial charge in [0.05, 0.1) is 5.03 Å². The van der Waals surface area contributed by atoms with Crippen LogP contribution in [0.3, 0.4) is 0 Å². The summed E-state index contributed by atoms with van der Waals surface area (Å²) in [4.78, 5) is 3.46. The van der Waals surface area contributed by atoms with Crippen LogP contribution >= 0.6 is 27.7 Å². The number of H-pyrrole nitrogens is 1. The molecule has 92 valence electrons. The molecule has 0 fully saturated rings. The minimum absolute atomic E-state index is 0.774. The van der Waals surface area contributed by atoms with Gasteiger partial charge in [0, 0.05) is 22.0 Å². The Balaban J connectivity index is 1.98. The summed E-state index contributed by atoms with van der Waals surface area (Å²) >= 11 is 5.53. The van der Waals surface area contributed by atoms with E-state index in [1.54, 1.807) is 0 Å². The normalized spacial score (nSPS) is 13.1. The monoisotopic (exact) mass is 311 g/mol. The molecule has 0 aliphatic carbocycles. The van der Waals surface area contributed by atoms with E-state index in [-0.39, 0.29) is 0 Å². The second-order valence-corrected chi connectivity index (χ2v) is 6.05. The van der Waals surface area contributed by atoms with E-state index < -0.39 is 0 Å². The third-order valence-electron chi connectivity index (χ3n) is 2.89. The lowest BCUT2D eigenvalue weighted by Crippen LogP contribution is -2.04. The molecule has 0 aliphatic rings. The number of alkyl halides is 1. The van der Waals surface area contributed by atoms with E-state index in [0.29, 0.717) is 0 Å². The summed E-state index contributed by atoms with van der Waals surface area (Å²) in [7, 11) is 0. The molecular weight excluding hydrogens is 294 g/mol. The Labute approximate surface area is 116 Å². The first-order valence-corrected chi connectivity index (χ1v) is 8.20. The van der Waals surface area contributed by atoms with E-state index >= 15 is 0 Å². The molecule has 0 saturated carbocycles. The van der Waals surface area contributed by atoms with Gasteiger partial charge in [0.15, 0.2) is 0 Å². The van der Waals surface area contributed by atoms with E-state index in [4.69, 9.17) is 0 Å². The largest absolute Gasteiger partial charge is 0.350 e. The minimum Gasteiger partial charge on any atom is -0.350 e. The van der Waals surface area contributed by atoms with Crippen molar-refractivity contribution < 1.29 is 0 Å². The summed E-state index contributed by atoms with van der Waals surface area (Å²) in [6.45, 7) is 2.25. The molecule has 1 aromatic heterocycles. The van der Waals surface area contributed by atoms with Gasteiger partial charge >= 0.3 is 0 Å². The van der Waals surface area contributed by atoms with Gasteiger partial charge in [-0.2, -0.15) is 0 Å². The molecular formula is C14H18BrNS. The van der Waals surface area contributed by atoms with Crippen molar-refractivity contribution in [3.8, 4) is 0 Å². The van der Waals surface area contributed by atoms with Crippen LogP contribution in [0.2, 0.25) is 0 Å². The number of thioether (sulfide) groups is 1. The Morgan fingerprint density at radius 2 is 2.18 bits per heavy atom. The fourth-order valence-electron chi connectivity index (χ4n) is 1.95. The van der Waals surface area contributed by atoms with Gasteiger partial charge < -0.3 is 4.98 Å². The van der Waals surface area contributed by atoms with Crippen LogP contribution in [-0.2, 0) is 0 Å². The molecule has 0 radical (unpaired) electrons. The van der Waals surface area contributed by atoms with Crippen LogP contribution in [-0.4, -0.2) is 16.1 Å². The number of nitrogens with one attached hydrogen (secondary N) is 1. The predicted molar refractivity (Wildman–Crippen MR) is 81.2 cm³/mol. The molecule has 1 N–H and O–H groups in total. The summed E-state index contributed by atoms with van der Waals surface area (Å²) < 4.78 is 0. The lowest BCUT2D eigenvalue weighted by molar-refractivity contribution is 0.597. The maximum Gasteiger partial charge on any atom is 0.0732 e. The number of hydrogen-bond acceptors (Lipinski definition) is 1. The summed E-state index contributed by atoms with van der Waals surface area (Å²) in [6.07, 6.45) is 2.57. The molecule has 0 aliphatic heterocycles. The van der Waals surface area contributed by atoms with Crippen molar-refractivity contribution >= 4 is 38.6 Å². The first-order valence-electron chi connectivity index (χ1n) is 6.10. The first-order chi connectivity index (χ1) is 8.33. The van der Waals surface area contributed by atoms with Gasteiger partial charge in [0.25, 0.3) is 0 Å². The zero-order chi connectivity index (χ0) is 12.1. The molecule has 2 aromatic rings. The Hall–Kier alpha value is -0.410. The summed E-state index contributed by atoms with van der Waals surface area (Å²) in [6, 6.07) is 10.7. The number of hydrogen-bond donors (Lipinski definition) is 1. The van der Waals surface area contributed by atoms with Crippen molar-refractivity contribution in [2.24, 2.45) is 5.92 Å². The van der Waals surface area contributed by atoms with Gasteiger partial charge in [-0.05, 0) is 24.5 Å². The molecule has 1 atom stereocenters. The standard InChI is InChI=1S/C14H18BrNS/c1-2-5-11(9-15)10-17-14-8-12-6-3-4-7-13(12)16-14/h3-4,6-8,11,16H,2,5,9-10H2,1H3. The molecule has 2 rings (SSSR count). The molecule has 1 unspecified atom stereocenters. The Bertz CT molecular complexity index is 433. The SMILES string of the molecule is CCCC(CBr)CSc1cc2ccccc2[nH]1. The second kappa shape index (κ2) is 6.50. The molecule has 0 spiro atoms. The third-order valence-corrected chi connectivity index (χ3v) is 4.98. The van der Waals surface area contributed by atoms with Gasteiger partial charge in [-0.25, -0.2) is 0 Å². The fourth-order valence-corrected chi connectivity index (χ4v) is 3.89. The molecule has 1 nitrogen and oxygen atoms in total. The lowest BCUT2D eigenvalue weighted by atomic mass is 10.1. The highest BCUT2D eigenvalue weighted by Gasteiger charge is 2.08. The molecule has 0 amide bonds. The van der Waals surface area contributed by atoms with E-state index in [9.17, 15) is 0 Å². The zero-order valence-corrected chi connectivity index (χ0v) is 12.5. The van der Waals surface area contributed by atoms with Gasteiger partial charge in [-0.1, -0.05) is 47.5 Å². The number of para-hydroxylation sites is 1. The molecule has 0 saturated heterocycles. The third kappa shape index (κ3) is 3.52. The maximum absolute atomic E-state index is 3.60. The quantitative estimate of drug-likeness (QED) is 0.581. The van der Waals surface area contributed by atoms with Gasteiger partial charge in [-0.3, -0.25) is 0 Å². The van der Waals surface area contributed by atoms with Crippen molar-refractivity contribution in [2.45, 2.75) is 24.8 Å². The summed E-state index contributed by atoms with van der Waals surface area (Å²) in [5.74, 6) is 1.96. The summed E-state index contributed by atoms with van der Waals surface area (Å²) in [5.41, 5.74) is 1.24. The van der Waals surface area contributed by atoms with Crippen LogP contribution in [0.1, 0.15) is 19.8 Å². The lowest BCUT2D eigenvalue weighted by Gasteiger charge is -2.10. The molecule has 1 heterocycles. The van der Waals surface area contributed by atoms with Crippen molar-refractivity contribution in [3.05, 3.63) is 30.3 Å². The van der Waals surface area contributed by atoms with E-state index in [1.165, 1.54) is 34.5 Å². The van der Waals surface area contributed by atoms with Gasteiger partial charge in [-0.15, -0.1) is 11.8 Å². The Kier molecular flexibility index (Phi) is 4.99. The predicted octanol–water partition coefficient (Wildman–Crippen LogP) is 5.07. The van der Waals surface area contributed by atoms with Crippen molar-refractivity contribution in [2.75, 3.05) is 11.1 Å². The van der Waals surface area contributed by atoms with Crippen LogP contribution in [0.5, 0.6) is 0 Å². The molecule has 1 aromatic carbocycles. The highest BCUT2D eigenvalue weighted by Crippen LogP contribution is 2.26. The zero-order valence-electron chi connectivity index (χ0n) is 10.1. The first kappa shape index (κ1) is 13.0. The average molecular weight is 312 g/mol. The number of fused-ring (bicyclic) bond motifs is 1. The van der Waals surface area contributed by atoms with Crippen molar-refractivity contribution in [1.82, 2.24) is 4.98 Å². The molecule has 0 bridgehead atoms. The van der Waals surface area contributed by atoms with E-state index in [2.05, 4.69) is 58.2 Å². The van der Waals surface area contributed by atoms with Crippen LogP contribution in [0.25, 0.3) is 10.9 Å². The second-order valence-electron chi connectivity index (χ2n) is 4.34. The number of benzene rings is 1. The fraction of sp³-hybridized carbons (Fsp3) is 0.429. The van der Waals surface area contributed by atoms with Crippen LogP contribution in [0.4, 0.5) is 0 Å². The minimum atomic E-state index is 0.774. The highest BCUT2D eigenvalue weighted by atomic mass is 79.9. The van der Waals surface area contributed by atoms with Crippen LogP contribution < -0.4 is 0 Å². The van der Waals surface area contributed by atoms with Crippen LogP contribution in [0.15, 0.2) is 35.4 Å². The number of rotatable bonds is 6. The summed E-state index contributed by atoms with van der Waals surface area (Å²) in [5, 5.41) is 3.70. The van der Waals surface area contributed by atoms with E-state index in [0.717, 1.165) is 11.2 Å². The Morgan fingerprint density at radius 1 is 1.35 bits per heavy atom. The van der Waals surface area contributed by atoms with Crippen molar-refractivity contribution in [1.29, 1.82) is 0 Å². The van der Waals surface area contributed by atoms with Crippen molar-refractivity contribution in [3.63, 3.8) is 0 Å². The maximum atomic E-state index is 3.60. The number of halogens is 1. The van der Waals surface area contributed by atoms with Crippen LogP contribution in [0, 0.1) is 5.92 Å². The average Bonchev–Trinajstić information content (AvgIpc) is 2.77. The van der Waals surface area contributed by atoms with Gasteiger partial charge in [0.2, 0.25) is 0 Å².